The Labute approximate surface area is 183 Å². The molecule has 32 heavy (non-hydrogen) atoms. The van der Waals surface area contributed by atoms with E-state index in [9.17, 15) is 22.8 Å². The Morgan fingerprint density at radius 3 is 2.47 bits per heavy atom. The molecule has 3 rings (SSSR count). The Balaban J connectivity index is 1.67. The Morgan fingerprint density at radius 2 is 1.78 bits per heavy atom. The summed E-state index contributed by atoms with van der Waals surface area (Å²) in [6, 6.07) is 14.8. The second-order valence-corrected chi connectivity index (χ2v) is 7.67. The zero-order valence-electron chi connectivity index (χ0n) is 17.9. The van der Waals surface area contributed by atoms with Crippen LogP contribution in [0.15, 0.2) is 59.4 Å². The molecular weight excluding hydrogens is 421 g/mol. The summed E-state index contributed by atoms with van der Waals surface area (Å²) in [6.07, 6.45) is -4.26. The number of rotatable bonds is 8. The molecule has 0 fully saturated rings. The van der Waals surface area contributed by atoms with E-state index in [1.165, 1.54) is 30.7 Å². The van der Waals surface area contributed by atoms with E-state index in [0.29, 0.717) is 13.0 Å². The first-order chi connectivity index (χ1) is 15.2. The quantitative estimate of drug-likeness (QED) is 0.537. The largest absolute Gasteiger partial charge is 0.438 e. The molecule has 0 spiro atoms. The standard InChI is InChI=1S/C23H25F3N4O2/c1-16(21(31)27-13-8-14-29(2)15-17-9-4-3-5-10-17)30-19-12-7-6-11-18(19)28-20(22(30)32)23(24,25)26/h3-7,9-12,16H,8,13-15H2,1-2H3,(H,27,31)/t16-/m0/s1. The van der Waals surface area contributed by atoms with Gasteiger partial charge in [0.1, 0.15) is 6.04 Å². The number of nitrogens with one attached hydrogen (secondary N) is 1. The fourth-order valence-corrected chi connectivity index (χ4v) is 3.52. The number of aromatic nitrogens is 2. The van der Waals surface area contributed by atoms with Crippen LogP contribution in [-0.2, 0) is 17.5 Å². The number of fused-ring (bicyclic) bond motifs is 1. The van der Waals surface area contributed by atoms with Gasteiger partial charge in [-0.1, -0.05) is 42.5 Å². The highest BCUT2D eigenvalue weighted by Gasteiger charge is 2.38. The number of hydrogen-bond acceptors (Lipinski definition) is 4. The van der Waals surface area contributed by atoms with Crippen LogP contribution in [0.25, 0.3) is 11.0 Å². The predicted molar refractivity (Wildman–Crippen MR) is 116 cm³/mol. The molecule has 1 amide bonds. The predicted octanol–water partition coefficient (Wildman–Crippen LogP) is 3.61. The molecule has 3 aromatic rings. The first kappa shape index (κ1) is 23.5. The van der Waals surface area contributed by atoms with E-state index in [1.807, 2.05) is 37.4 Å². The summed E-state index contributed by atoms with van der Waals surface area (Å²) in [4.78, 5) is 30.8. The van der Waals surface area contributed by atoms with Crippen LogP contribution in [0.3, 0.4) is 0 Å². The first-order valence-corrected chi connectivity index (χ1v) is 10.3. The molecule has 0 aliphatic carbocycles. The van der Waals surface area contributed by atoms with Gasteiger partial charge in [0, 0.05) is 13.1 Å². The number of benzene rings is 2. The van der Waals surface area contributed by atoms with E-state index < -0.39 is 29.4 Å². The number of amides is 1. The average molecular weight is 446 g/mol. The minimum atomic E-state index is -4.91. The molecule has 0 saturated heterocycles. The molecule has 2 aromatic carbocycles. The number of para-hydroxylation sites is 2. The Bertz CT molecular complexity index is 1130. The number of carbonyl (C=O) groups excluding carboxylic acids is 1. The Morgan fingerprint density at radius 1 is 1.12 bits per heavy atom. The van der Waals surface area contributed by atoms with Gasteiger partial charge in [0.15, 0.2) is 0 Å². The zero-order valence-corrected chi connectivity index (χ0v) is 17.9. The molecule has 0 unspecified atom stereocenters. The highest BCUT2D eigenvalue weighted by atomic mass is 19.4. The van der Waals surface area contributed by atoms with Gasteiger partial charge in [-0.2, -0.15) is 13.2 Å². The van der Waals surface area contributed by atoms with E-state index >= 15 is 0 Å². The number of nitrogens with zero attached hydrogens (tertiary/aromatic N) is 3. The van der Waals surface area contributed by atoms with E-state index in [-0.39, 0.29) is 11.0 Å². The van der Waals surface area contributed by atoms with Gasteiger partial charge in [-0.25, -0.2) is 4.98 Å². The van der Waals surface area contributed by atoms with Crippen molar-refractivity contribution < 1.29 is 18.0 Å². The van der Waals surface area contributed by atoms with Gasteiger partial charge < -0.3 is 10.2 Å². The maximum Gasteiger partial charge on any atom is 0.438 e. The molecule has 6 nitrogen and oxygen atoms in total. The second-order valence-electron chi connectivity index (χ2n) is 7.67. The third kappa shape index (κ3) is 5.53. The van der Waals surface area contributed by atoms with Gasteiger partial charge in [0.25, 0.3) is 5.56 Å². The van der Waals surface area contributed by atoms with E-state index in [0.717, 1.165) is 17.7 Å². The van der Waals surface area contributed by atoms with Crippen molar-refractivity contribution in [2.75, 3.05) is 20.1 Å². The van der Waals surface area contributed by atoms with Crippen molar-refractivity contribution in [3.63, 3.8) is 0 Å². The molecule has 0 aliphatic heterocycles. The Kier molecular flexibility index (Phi) is 7.29. The zero-order chi connectivity index (χ0) is 23.3. The summed E-state index contributed by atoms with van der Waals surface area (Å²) >= 11 is 0. The average Bonchev–Trinajstić information content (AvgIpc) is 2.75. The van der Waals surface area contributed by atoms with Crippen molar-refractivity contribution >= 4 is 16.9 Å². The molecule has 170 valence electrons. The lowest BCUT2D eigenvalue weighted by atomic mass is 10.2. The lowest BCUT2D eigenvalue weighted by Crippen LogP contribution is -2.39. The first-order valence-electron chi connectivity index (χ1n) is 10.3. The van der Waals surface area contributed by atoms with Crippen molar-refractivity contribution in [1.29, 1.82) is 0 Å². The van der Waals surface area contributed by atoms with E-state index in [1.54, 1.807) is 6.07 Å². The third-order valence-electron chi connectivity index (χ3n) is 5.14. The lowest BCUT2D eigenvalue weighted by Gasteiger charge is -2.20. The molecule has 0 radical (unpaired) electrons. The number of alkyl halides is 3. The minimum absolute atomic E-state index is 0.00149. The molecule has 0 bridgehead atoms. The maximum atomic E-state index is 13.3. The van der Waals surface area contributed by atoms with Crippen LogP contribution in [0.5, 0.6) is 0 Å². The fourth-order valence-electron chi connectivity index (χ4n) is 3.52. The van der Waals surface area contributed by atoms with Crippen LogP contribution in [-0.4, -0.2) is 40.5 Å². The van der Waals surface area contributed by atoms with Crippen LogP contribution in [0, 0.1) is 0 Å². The van der Waals surface area contributed by atoms with Crippen molar-refractivity contribution in [3.8, 4) is 0 Å². The van der Waals surface area contributed by atoms with Crippen molar-refractivity contribution in [2.24, 2.45) is 0 Å². The lowest BCUT2D eigenvalue weighted by molar-refractivity contribution is -0.142. The molecule has 1 N–H and O–H groups in total. The SMILES string of the molecule is C[C@@H](C(=O)NCCCN(C)Cc1ccccc1)n1c(=O)c(C(F)(F)F)nc2ccccc21. The van der Waals surface area contributed by atoms with Crippen LogP contribution in [0.4, 0.5) is 13.2 Å². The summed E-state index contributed by atoms with van der Waals surface area (Å²) < 4.78 is 40.8. The molecule has 0 aliphatic rings. The molecule has 9 heteroatoms. The maximum absolute atomic E-state index is 13.3. The normalized spacial score (nSPS) is 12.8. The molecule has 1 atom stereocenters. The van der Waals surface area contributed by atoms with Crippen LogP contribution in [0.1, 0.15) is 30.6 Å². The van der Waals surface area contributed by atoms with Crippen LogP contribution < -0.4 is 10.9 Å². The van der Waals surface area contributed by atoms with Gasteiger partial charge in [0.05, 0.1) is 11.0 Å². The topological polar surface area (TPSA) is 67.2 Å². The van der Waals surface area contributed by atoms with Gasteiger partial charge >= 0.3 is 6.18 Å². The number of hydrogen-bond donors (Lipinski definition) is 1. The minimum Gasteiger partial charge on any atom is -0.354 e. The second kappa shape index (κ2) is 9.95. The summed E-state index contributed by atoms with van der Waals surface area (Å²) in [5, 5.41) is 2.72. The van der Waals surface area contributed by atoms with Gasteiger partial charge in [0.2, 0.25) is 11.6 Å². The number of carbonyl (C=O) groups is 1. The summed E-state index contributed by atoms with van der Waals surface area (Å²) in [7, 11) is 1.97. The molecule has 1 heterocycles. The molecular formula is C23H25F3N4O2. The van der Waals surface area contributed by atoms with E-state index in [2.05, 4.69) is 15.2 Å². The van der Waals surface area contributed by atoms with Gasteiger partial charge in [-0.15, -0.1) is 0 Å². The molecule has 0 saturated carbocycles. The van der Waals surface area contributed by atoms with Crippen molar-refractivity contribution in [3.05, 3.63) is 76.2 Å². The highest BCUT2D eigenvalue weighted by Crippen LogP contribution is 2.27. The van der Waals surface area contributed by atoms with Crippen LogP contribution >= 0.6 is 0 Å². The Hall–Kier alpha value is -3.20. The summed E-state index contributed by atoms with van der Waals surface area (Å²) in [5.74, 6) is -0.526. The smallest absolute Gasteiger partial charge is 0.354 e. The summed E-state index contributed by atoms with van der Waals surface area (Å²) in [5.41, 5.74) is -1.51. The number of halogens is 3. The van der Waals surface area contributed by atoms with Crippen LogP contribution in [0.2, 0.25) is 0 Å². The van der Waals surface area contributed by atoms with Crippen molar-refractivity contribution in [2.45, 2.75) is 32.1 Å². The van der Waals surface area contributed by atoms with Gasteiger partial charge in [-0.05, 0) is 44.6 Å². The fraction of sp³-hybridized carbons (Fsp3) is 0.348. The third-order valence-corrected chi connectivity index (χ3v) is 5.14. The van der Waals surface area contributed by atoms with E-state index in [4.69, 9.17) is 0 Å². The summed E-state index contributed by atoms with van der Waals surface area (Å²) in [6.45, 7) is 3.24. The highest BCUT2D eigenvalue weighted by molar-refractivity contribution is 5.83. The monoisotopic (exact) mass is 446 g/mol. The van der Waals surface area contributed by atoms with Crippen molar-refractivity contribution in [1.82, 2.24) is 19.8 Å². The molecule has 1 aromatic heterocycles. The van der Waals surface area contributed by atoms with Gasteiger partial charge in [-0.3, -0.25) is 14.2 Å².